The molecule has 1 aliphatic rings. The molecule has 1 aromatic heterocycles. The van der Waals surface area contributed by atoms with E-state index in [1.807, 2.05) is 13.0 Å². The number of carbonyl (C=O) groups excluding carboxylic acids is 2. The van der Waals surface area contributed by atoms with E-state index in [0.29, 0.717) is 23.6 Å². The van der Waals surface area contributed by atoms with Gasteiger partial charge >= 0.3 is 0 Å². The van der Waals surface area contributed by atoms with Gasteiger partial charge in [0.2, 0.25) is 0 Å². The number of aromatic nitrogens is 1. The zero-order valence-electron chi connectivity index (χ0n) is 16.8. The van der Waals surface area contributed by atoms with E-state index in [-0.39, 0.29) is 17.8 Å². The number of amides is 2. The largest absolute Gasteiger partial charge is 0.492 e. The minimum atomic E-state index is -0.473. The van der Waals surface area contributed by atoms with Crippen LogP contribution < -0.4 is 10.1 Å². The number of rotatable bonds is 7. The molecule has 0 saturated heterocycles. The number of nitrogens with zero attached hydrogens (tertiary/aromatic N) is 2. The lowest BCUT2D eigenvalue weighted by Gasteiger charge is -2.16. The van der Waals surface area contributed by atoms with Crippen molar-refractivity contribution in [3.63, 3.8) is 0 Å². The molecule has 0 unspecified atom stereocenters. The zero-order chi connectivity index (χ0) is 21.8. The average Bonchev–Trinajstić information content (AvgIpc) is 3.01. The van der Waals surface area contributed by atoms with Crippen molar-refractivity contribution in [2.24, 2.45) is 0 Å². The normalized spacial score (nSPS) is 13.7. The molecule has 0 saturated carbocycles. The van der Waals surface area contributed by atoms with Crippen molar-refractivity contribution in [3.05, 3.63) is 95.7 Å². The Morgan fingerprint density at radius 3 is 2.48 bits per heavy atom. The van der Waals surface area contributed by atoms with Crippen LogP contribution >= 0.6 is 0 Å². The molecular formula is C24H20FN3O3. The van der Waals surface area contributed by atoms with E-state index >= 15 is 0 Å². The Labute approximate surface area is 179 Å². The number of ether oxygens (including phenoxy) is 1. The van der Waals surface area contributed by atoms with Crippen molar-refractivity contribution in [2.45, 2.75) is 13.5 Å². The van der Waals surface area contributed by atoms with Crippen molar-refractivity contribution in [2.75, 3.05) is 11.9 Å². The lowest BCUT2D eigenvalue weighted by molar-refractivity contribution is -0.137. The third kappa shape index (κ3) is 4.16. The van der Waals surface area contributed by atoms with Gasteiger partial charge in [-0.2, -0.15) is 0 Å². The fraction of sp³-hybridized carbons (Fsp3) is 0.125. The Morgan fingerprint density at radius 2 is 1.77 bits per heavy atom. The first kappa shape index (κ1) is 20.3. The maximum absolute atomic E-state index is 13.5. The highest BCUT2D eigenvalue weighted by Gasteiger charge is 2.39. The number of hydrogen-bond donors (Lipinski definition) is 1. The van der Waals surface area contributed by atoms with Crippen LogP contribution in [0.3, 0.4) is 0 Å². The van der Waals surface area contributed by atoms with Crippen molar-refractivity contribution in [1.82, 2.24) is 9.88 Å². The number of carbonyl (C=O) groups is 2. The number of anilines is 1. The Balaban J connectivity index is 1.76. The third-order valence-corrected chi connectivity index (χ3v) is 4.81. The van der Waals surface area contributed by atoms with Crippen LogP contribution in [0.4, 0.5) is 10.1 Å². The molecular weight excluding hydrogens is 397 g/mol. The molecule has 0 radical (unpaired) electrons. The molecule has 2 heterocycles. The average molecular weight is 417 g/mol. The Morgan fingerprint density at radius 1 is 1.00 bits per heavy atom. The SMILES string of the molecule is CCOc1ccccc1NC1=C(c2ccc(F)cc2)C(=O)N(Cc2cccnc2)C1=O. The van der Waals surface area contributed by atoms with Crippen LogP contribution in [0, 0.1) is 5.82 Å². The number of pyridine rings is 1. The maximum Gasteiger partial charge on any atom is 0.278 e. The Bertz CT molecular complexity index is 1140. The lowest BCUT2D eigenvalue weighted by atomic mass is 10.0. The highest BCUT2D eigenvalue weighted by atomic mass is 19.1. The highest BCUT2D eigenvalue weighted by molar-refractivity contribution is 6.36. The second kappa shape index (κ2) is 8.79. The van der Waals surface area contributed by atoms with Gasteiger partial charge in [-0.25, -0.2) is 4.39 Å². The summed E-state index contributed by atoms with van der Waals surface area (Å²) in [4.78, 5) is 31.8. The molecule has 0 atom stereocenters. The van der Waals surface area contributed by atoms with Crippen LogP contribution in [-0.2, 0) is 16.1 Å². The summed E-state index contributed by atoms with van der Waals surface area (Å²) in [5.41, 5.74) is 2.03. The van der Waals surface area contributed by atoms with Crippen LogP contribution in [0.25, 0.3) is 5.57 Å². The van der Waals surface area contributed by atoms with Crippen LogP contribution in [0.2, 0.25) is 0 Å². The summed E-state index contributed by atoms with van der Waals surface area (Å²) >= 11 is 0. The van der Waals surface area contributed by atoms with E-state index in [1.54, 1.807) is 42.7 Å². The predicted molar refractivity (Wildman–Crippen MR) is 114 cm³/mol. The maximum atomic E-state index is 13.5. The molecule has 6 nitrogen and oxygen atoms in total. The number of imide groups is 1. The number of halogens is 1. The molecule has 1 aliphatic heterocycles. The van der Waals surface area contributed by atoms with Crippen molar-refractivity contribution in [1.29, 1.82) is 0 Å². The van der Waals surface area contributed by atoms with E-state index < -0.39 is 17.6 Å². The van der Waals surface area contributed by atoms with Gasteiger partial charge in [-0.1, -0.05) is 30.3 Å². The van der Waals surface area contributed by atoms with Crippen LogP contribution in [0.15, 0.2) is 78.8 Å². The van der Waals surface area contributed by atoms with Gasteiger partial charge in [0.1, 0.15) is 17.3 Å². The van der Waals surface area contributed by atoms with Gasteiger partial charge in [-0.3, -0.25) is 19.5 Å². The Kier molecular flexibility index (Phi) is 5.75. The Hall–Kier alpha value is -4.00. The second-order valence-corrected chi connectivity index (χ2v) is 6.87. The summed E-state index contributed by atoms with van der Waals surface area (Å²) in [6, 6.07) is 16.2. The molecule has 0 fully saturated rings. The van der Waals surface area contributed by atoms with Crippen molar-refractivity contribution in [3.8, 4) is 5.75 Å². The summed E-state index contributed by atoms with van der Waals surface area (Å²) in [6.45, 7) is 2.39. The first-order valence-electron chi connectivity index (χ1n) is 9.82. The van der Waals surface area contributed by atoms with E-state index in [9.17, 15) is 14.0 Å². The molecule has 4 rings (SSSR count). The zero-order valence-corrected chi connectivity index (χ0v) is 16.8. The van der Waals surface area contributed by atoms with Gasteiger partial charge in [0.25, 0.3) is 11.8 Å². The topological polar surface area (TPSA) is 71.5 Å². The predicted octanol–water partition coefficient (Wildman–Crippen LogP) is 4.01. The quantitative estimate of drug-likeness (QED) is 0.588. The smallest absolute Gasteiger partial charge is 0.278 e. The molecule has 156 valence electrons. The van der Waals surface area contributed by atoms with Gasteiger partial charge in [0.15, 0.2) is 0 Å². The first-order valence-corrected chi connectivity index (χ1v) is 9.82. The van der Waals surface area contributed by atoms with E-state index in [2.05, 4.69) is 10.3 Å². The second-order valence-electron chi connectivity index (χ2n) is 6.87. The molecule has 0 bridgehead atoms. The highest BCUT2D eigenvalue weighted by Crippen LogP contribution is 2.34. The molecule has 31 heavy (non-hydrogen) atoms. The van der Waals surface area contributed by atoms with Crippen LogP contribution in [0.1, 0.15) is 18.1 Å². The number of para-hydroxylation sites is 2. The molecule has 0 spiro atoms. The number of nitrogens with one attached hydrogen (secondary N) is 1. The molecule has 7 heteroatoms. The molecule has 0 aliphatic carbocycles. The van der Waals surface area contributed by atoms with Crippen molar-refractivity contribution >= 4 is 23.1 Å². The minimum absolute atomic E-state index is 0.0779. The summed E-state index contributed by atoms with van der Waals surface area (Å²) in [5, 5.41) is 3.09. The summed E-state index contributed by atoms with van der Waals surface area (Å²) in [6.07, 6.45) is 3.23. The fourth-order valence-corrected chi connectivity index (χ4v) is 3.38. The van der Waals surface area contributed by atoms with E-state index in [4.69, 9.17) is 4.74 Å². The summed E-state index contributed by atoms with van der Waals surface area (Å²) in [5.74, 6) is -0.803. The van der Waals surface area contributed by atoms with Gasteiger partial charge < -0.3 is 10.1 Å². The van der Waals surface area contributed by atoms with Crippen LogP contribution in [0.5, 0.6) is 5.75 Å². The van der Waals surface area contributed by atoms with Gasteiger partial charge in [0.05, 0.1) is 24.4 Å². The van der Waals surface area contributed by atoms with Gasteiger partial charge in [0, 0.05) is 12.4 Å². The van der Waals surface area contributed by atoms with Gasteiger partial charge in [-0.05, 0) is 48.4 Å². The van der Waals surface area contributed by atoms with Crippen molar-refractivity contribution < 1.29 is 18.7 Å². The van der Waals surface area contributed by atoms with Gasteiger partial charge in [-0.15, -0.1) is 0 Å². The summed E-state index contributed by atoms with van der Waals surface area (Å²) in [7, 11) is 0. The lowest BCUT2D eigenvalue weighted by Crippen LogP contribution is -2.32. The monoisotopic (exact) mass is 417 g/mol. The number of benzene rings is 2. The minimum Gasteiger partial charge on any atom is -0.492 e. The molecule has 2 aromatic carbocycles. The standard InChI is InChI=1S/C24H20FN3O3/c1-2-31-20-8-4-3-7-19(20)27-22-21(17-9-11-18(25)12-10-17)23(29)28(24(22)30)15-16-6-5-13-26-14-16/h3-14,27H,2,15H2,1H3. The van der Waals surface area contributed by atoms with E-state index in [1.165, 1.54) is 24.3 Å². The fourth-order valence-electron chi connectivity index (χ4n) is 3.38. The first-order chi connectivity index (χ1) is 15.1. The summed E-state index contributed by atoms with van der Waals surface area (Å²) < 4.78 is 19.1. The van der Waals surface area contributed by atoms with Crippen LogP contribution in [-0.4, -0.2) is 28.3 Å². The molecule has 1 N–H and O–H groups in total. The van der Waals surface area contributed by atoms with E-state index in [0.717, 1.165) is 10.5 Å². The molecule has 2 amide bonds. The molecule has 3 aromatic rings. The number of hydrogen-bond acceptors (Lipinski definition) is 5. The third-order valence-electron chi connectivity index (χ3n) is 4.81.